The van der Waals surface area contributed by atoms with Crippen molar-refractivity contribution in [2.75, 3.05) is 17.3 Å². The lowest BCUT2D eigenvalue weighted by molar-refractivity contribution is -0.136. The van der Waals surface area contributed by atoms with Gasteiger partial charge in [0, 0.05) is 7.05 Å². The predicted molar refractivity (Wildman–Crippen MR) is 67.0 cm³/mol. The lowest BCUT2D eigenvalue weighted by atomic mass is 9.91. The third-order valence-electron chi connectivity index (χ3n) is 3.14. The van der Waals surface area contributed by atoms with Crippen LogP contribution >= 0.6 is 0 Å². The first kappa shape index (κ1) is 12.1. The Kier molecular flexibility index (Phi) is 2.59. The second-order valence-electron chi connectivity index (χ2n) is 4.79. The van der Waals surface area contributed by atoms with Gasteiger partial charge in [0.2, 0.25) is 11.8 Å². The van der Waals surface area contributed by atoms with E-state index in [1.54, 1.807) is 39.1 Å². The van der Waals surface area contributed by atoms with E-state index in [0.717, 1.165) is 0 Å². The zero-order valence-electron chi connectivity index (χ0n) is 10.4. The minimum absolute atomic E-state index is 0.275. The smallest absolute Gasteiger partial charge is 0.241 e. The summed E-state index contributed by atoms with van der Waals surface area (Å²) in [6, 6.07) is 6.85. The standard InChI is InChI=1S/C13H13N3O2/c1-13(2)11(17)15-9-6-8(7-14)4-5-10(9)16(3)12(13)18/h4-6H,1-3H3,(H,15,17). The van der Waals surface area contributed by atoms with Crippen molar-refractivity contribution in [2.45, 2.75) is 13.8 Å². The summed E-state index contributed by atoms with van der Waals surface area (Å²) < 4.78 is 0. The van der Waals surface area contributed by atoms with Gasteiger partial charge >= 0.3 is 0 Å². The fourth-order valence-electron chi connectivity index (χ4n) is 1.90. The number of amides is 2. The molecule has 0 spiro atoms. The van der Waals surface area contributed by atoms with Crippen LogP contribution in [0.4, 0.5) is 11.4 Å². The number of fused-ring (bicyclic) bond motifs is 1. The van der Waals surface area contributed by atoms with Crippen molar-refractivity contribution in [2.24, 2.45) is 5.41 Å². The molecule has 1 N–H and O–H groups in total. The molecule has 0 aliphatic carbocycles. The van der Waals surface area contributed by atoms with Gasteiger partial charge in [-0.05, 0) is 32.0 Å². The topological polar surface area (TPSA) is 73.2 Å². The SMILES string of the molecule is CN1C(=O)C(C)(C)C(=O)Nc2cc(C#N)ccc21. The van der Waals surface area contributed by atoms with E-state index < -0.39 is 5.41 Å². The van der Waals surface area contributed by atoms with Crippen molar-refractivity contribution in [3.05, 3.63) is 23.8 Å². The van der Waals surface area contributed by atoms with Gasteiger partial charge in [-0.25, -0.2) is 0 Å². The van der Waals surface area contributed by atoms with Gasteiger partial charge < -0.3 is 10.2 Å². The summed E-state index contributed by atoms with van der Waals surface area (Å²) in [4.78, 5) is 25.6. The molecule has 0 saturated heterocycles. The molecule has 0 saturated carbocycles. The summed E-state index contributed by atoms with van der Waals surface area (Å²) in [5.41, 5.74) is 0.397. The number of rotatable bonds is 0. The van der Waals surface area contributed by atoms with E-state index in [1.165, 1.54) is 4.90 Å². The van der Waals surface area contributed by atoms with Crippen LogP contribution in [-0.2, 0) is 9.59 Å². The Morgan fingerprint density at radius 2 is 2.00 bits per heavy atom. The second-order valence-corrected chi connectivity index (χ2v) is 4.79. The zero-order valence-corrected chi connectivity index (χ0v) is 10.4. The van der Waals surface area contributed by atoms with Crippen LogP contribution in [0.2, 0.25) is 0 Å². The Hall–Kier alpha value is -2.35. The van der Waals surface area contributed by atoms with Crippen LogP contribution in [0.3, 0.4) is 0 Å². The molecule has 18 heavy (non-hydrogen) atoms. The molecule has 1 aromatic carbocycles. The van der Waals surface area contributed by atoms with Crippen molar-refractivity contribution in [1.82, 2.24) is 0 Å². The van der Waals surface area contributed by atoms with Crippen LogP contribution in [0.15, 0.2) is 18.2 Å². The third kappa shape index (κ3) is 1.63. The minimum atomic E-state index is -1.12. The first-order valence-electron chi connectivity index (χ1n) is 5.51. The molecule has 2 rings (SSSR count). The van der Waals surface area contributed by atoms with Gasteiger partial charge in [0.25, 0.3) is 0 Å². The van der Waals surface area contributed by atoms with E-state index in [0.29, 0.717) is 16.9 Å². The number of carbonyl (C=O) groups is 2. The maximum Gasteiger partial charge on any atom is 0.241 e. The van der Waals surface area contributed by atoms with Crippen molar-refractivity contribution in [3.63, 3.8) is 0 Å². The molecule has 0 atom stereocenters. The lowest BCUT2D eigenvalue weighted by Gasteiger charge is -2.23. The van der Waals surface area contributed by atoms with Crippen molar-refractivity contribution >= 4 is 23.2 Å². The van der Waals surface area contributed by atoms with E-state index in [9.17, 15) is 9.59 Å². The molecule has 1 aromatic rings. The molecule has 0 radical (unpaired) electrons. The van der Waals surface area contributed by atoms with Crippen LogP contribution in [-0.4, -0.2) is 18.9 Å². The van der Waals surface area contributed by atoms with Crippen LogP contribution < -0.4 is 10.2 Å². The number of hydrogen-bond donors (Lipinski definition) is 1. The Morgan fingerprint density at radius 1 is 1.33 bits per heavy atom. The van der Waals surface area contributed by atoms with Gasteiger partial charge in [-0.2, -0.15) is 5.26 Å². The van der Waals surface area contributed by atoms with E-state index in [2.05, 4.69) is 5.32 Å². The fraction of sp³-hybridized carbons (Fsp3) is 0.308. The summed E-state index contributed by atoms with van der Waals surface area (Å²) in [5, 5.41) is 11.5. The summed E-state index contributed by atoms with van der Waals surface area (Å²) >= 11 is 0. The summed E-state index contributed by atoms with van der Waals surface area (Å²) in [6.07, 6.45) is 0. The molecule has 0 fully saturated rings. The normalized spacial score (nSPS) is 17.6. The molecule has 0 aromatic heterocycles. The summed E-state index contributed by atoms with van der Waals surface area (Å²) in [6.45, 7) is 3.16. The molecule has 92 valence electrons. The Labute approximate surface area is 105 Å². The van der Waals surface area contributed by atoms with Gasteiger partial charge in [-0.3, -0.25) is 9.59 Å². The molecular weight excluding hydrogens is 230 g/mol. The zero-order chi connectivity index (χ0) is 13.5. The molecular formula is C13H13N3O2. The first-order valence-corrected chi connectivity index (χ1v) is 5.51. The number of nitriles is 1. The number of nitrogens with one attached hydrogen (secondary N) is 1. The number of hydrogen-bond acceptors (Lipinski definition) is 3. The van der Waals surface area contributed by atoms with Crippen LogP contribution in [0, 0.1) is 16.7 Å². The molecule has 5 nitrogen and oxygen atoms in total. The fourth-order valence-corrected chi connectivity index (χ4v) is 1.90. The Morgan fingerprint density at radius 3 is 2.61 bits per heavy atom. The highest BCUT2D eigenvalue weighted by molar-refractivity contribution is 6.19. The maximum absolute atomic E-state index is 12.2. The van der Waals surface area contributed by atoms with Gasteiger partial charge in [0.1, 0.15) is 5.41 Å². The molecule has 0 bridgehead atoms. The highest BCUT2D eigenvalue weighted by Crippen LogP contribution is 2.34. The third-order valence-corrected chi connectivity index (χ3v) is 3.14. The second kappa shape index (κ2) is 3.84. The minimum Gasteiger partial charge on any atom is -0.323 e. The van der Waals surface area contributed by atoms with Gasteiger partial charge in [0.15, 0.2) is 0 Å². The van der Waals surface area contributed by atoms with E-state index in [-0.39, 0.29) is 11.8 Å². The number of anilines is 2. The van der Waals surface area contributed by atoms with E-state index in [1.807, 2.05) is 6.07 Å². The van der Waals surface area contributed by atoms with Crippen molar-refractivity contribution in [3.8, 4) is 6.07 Å². The van der Waals surface area contributed by atoms with Crippen LogP contribution in [0.25, 0.3) is 0 Å². The predicted octanol–water partition coefficient (Wildman–Crippen LogP) is 1.50. The molecule has 5 heteroatoms. The number of benzene rings is 1. The molecule has 1 aliphatic rings. The maximum atomic E-state index is 12.2. The quantitative estimate of drug-likeness (QED) is 0.702. The molecule has 1 heterocycles. The van der Waals surface area contributed by atoms with E-state index in [4.69, 9.17) is 5.26 Å². The van der Waals surface area contributed by atoms with E-state index >= 15 is 0 Å². The van der Waals surface area contributed by atoms with Gasteiger partial charge in [-0.1, -0.05) is 0 Å². The van der Waals surface area contributed by atoms with Gasteiger partial charge in [0.05, 0.1) is 23.0 Å². The monoisotopic (exact) mass is 243 g/mol. The molecule has 0 unspecified atom stereocenters. The summed E-state index contributed by atoms with van der Waals surface area (Å²) in [5.74, 6) is -0.642. The Bertz CT molecular complexity index is 584. The molecule has 1 aliphatic heterocycles. The highest BCUT2D eigenvalue weighted by atomic mass is 16.2. The first-order chi connectivity index (χ1) is 8.37. The summed E-state index contributed by atoms with van der Waals surface area (Å²) in [7, 11) is 1.62. The van der Waals surface area contributed by atoms with Gasteiger partial charge in [-0.15, -0.1) is 0 Å². The molecule has 2 amide bonds. The largest absolute Gasteiger partial charge is 0.323 e. The average Bonchev–Trinajstić information content (AvgIpc) is 2.41. The van der Waals surface area contributed by atoms with Crippen molar-refractivity contribution < 1.29 is 9.59 Å². The van der Waals surface area contributed by atoms with Crippen molar-refractivity contribution in [1.29, 1.82) is 5.26 Å². The Balaban J connectivity index is 2.61. The lowest BCUT2D eigenvalue weighted by Crippen LogP contribution is -2.43. The van der Waals surface area contributed by atoms with Crippen LogP contribution in [0.5, 0.6) is 0 Å². The number of nitrogens with zero attached hydrogens (tertiary/aromatic N) is 2. The highest BCUT2D eigenvalue weighted by Gasteiger charge is 2.41. The number of carbonyl (C=O) groups excluding carboxylic acids is 2. The van der Waals surface area contributed by atoms with Crippen LogP contribution in [0.1, 0.15) is 19.4 Å². The average molecular weight is 243 g/mol.